The van der Waals surface area contributed by atoms with E-state index in [2.05, 4.69) is 21.4 Å². The highest BCUT2D eigenvalue weighted by atomic mass is 16.5. The Morgan fingerprint density at radius 1 is 0.857 bits per heavy atom. The van der Waals surface area contributed by atoms with E-state index in [0.29, 0.717) is 19.7 Å². The predicted molar refractivity (Wildman–Crippen MR) is 110 cm³/mol. The molecule has 4 rings (SSSR count). The lowest BCUT2D eigenvalue weighted by molar-refractivity contribution is 0.284. The SMILES string of the molecule is COc1cc(CNCc2nc3ccccc3[nH]2)ccc1OCc1ccccc1. The minimum absolute atomic E-state index is 0.515. The maximum absolute atomic E-state index is 5.92. The smallest absolute Gasteiger partial charge is 0.161 e. The first-order chi connectivity index (χ1) is 13.8. The van der Waals surface area contributed by atoms with Crippen LogP contribution in [0.1, 0.15) is 17.0 Å². The van der Waals surface area contributed by atoms with Crippen LogP contribution >= 0.6 is 0 Å². The van der Waals surface area contributed by atoms with Crippen molar-refractivity contribution in [2.24, 2.45) is 0 Å². The molecule has 0 aliphatic rings. The molecular formula is C23H23N3O2. The van der Waals surface area contributed by atoms with Gasteiger partial charge in [-0.15, -0.1) is 0 Å². The molecule has 0 aliphatic carbocycles. The van der Waals surface area contributed by atoms with Crippen molar-refractivity contribution in [2.75, 3.05) is 7.11 Å². The number of imidazole rings is 1. The fourth-order valence-electron chi connectivity index (χ4n) is 3.09. The molecule has 3 aromatic carbocycles. The second kappa shape index (κ2) is 8.59. The van der Waals surface area contributed by atoms with Crippen molar-refractivity contribution in [3.05, 3.63) is 89.7 Å². The number of nitrogens with one attached hydrogen (secondary N) is 2. The van der Waals surface area contributed by atoms with Gasteiger partial charge in [0.1, 0.15) is 12.4 Å². The van der Waals surface area contributed by atoms with Gasteiger partial charge in [0.15, 0.2) is 11.5 Å². The molecule has 0 aliphatic heterocycles. The van der Waals surface area contributed by atoms with Crippen LogP contribution in [-0.2, 0) is 19.7 Å². The zero-order chi connectivity index (χ0) is 19.2. The van der Waals surface area contributed by atoms with E-state index in [4.69, 9.17) is 9.47 Å². The minimum atomic E-state index is 0.515. The first-order valence-electron chi connectivity index (χ1n) is 9.30. The van der Waals surface area contributed by atoms with Crippen LogP contribution in [0.25, 0.3) is 11.0 Å². The monoisotopic (exact) mass is 373 g/mol. The number of ether oxygens (including phenoxy) is 2. The van der Waals surface area contributed by atoms with Crippen molar-refractivity contribution in [1.82, 2.24) is 15.3 Å². The number of H-pyrrole nitrogens is 1. The van der Waals surface area contributed by atoms with Gasteiger partial charge in [0.25, 0.3) is 0 Å². The molecule has 0 amide bonds. The summed E-state index contributed by atoms with van der Waals surface area (Å²) >= 11 is 0. The van der Waals surface area contributed by atoms with Crippen LogP contribution in [0.5, 0.6) is 11.5 Å². The highest BCUT2D eigenvalue weighted by molar-refractivity contribution is 5.74. The van der Waals surface area contributed by atoms with Crippen LogP contribution in [0, 0.1) is 0 Å². The van der Waals surface area contributed by atoms with Gasteiger partial charge in [-0.2, -0.15) is 0 Å². The number of methoxy groups -OCH3 is 1. The average Bonchev–Trinajstić information content (AvgIpc) is 3.16. The van der Waals surface area contributed by atoms with Gasteiger partial charge in [0, 0.05) is 6.54 Å². The summed E-state index contributed by atoms with van der Waals surface area (Å²) in [6.07, 6.45) is 0. The number of aromatic amines is 1. The first kappa shape index (κ1) is 18.1. The number of para-hydroxylation sites is 2. The van der Waals surface area contributed by atoms with Crippen LogP contribution in [-0.4, -0.2) is 17.1 Å². The molecule has 28 heavy (non-hydrogen) atoms. The largest absolute Gasteiger partial charge is 0.493 e. The molecule has 1 heterocycles. The van der Waals surface area contributed by atoms with Gasteiger partial charge in [0.2, 0.25) is 0 Å². The van der Waals surface area contributed by atoms with E-state index in [9.17, 15) is 0 Å². The minimum Gasteiger partial charge on any atom is -0.493 e. The third-order valence-corrected chi connectivity index (χ3v) is 4.53. The first-order valence-corrected chi connectivity index (χ1v) is 9.30. The van der Waals surface area contributed by atoms with Crippen molar-refractivity contribution in [3.8, 4) is 11.5 Å². The van der Waals surface area contributed by atoms with E-state index in [-0.39, 0.29) is 0 Å². The Labute approximate surface area is 164 Å². The van der Waals surface area contributed by atoms with Crippen LogP contribution in [0.4, 0.5) is 0 Å². The van der Waals surface area contributed by atoms with Gasteiger partial charge in [-0.3, -0.25) is 0 Å². The summed E-state index contributed by atoms with van der Waals surface area (Å²) < 4.78 is 11.4. The molecule has 0 bridgehead atoms. The second-order valence-electron chi connectivity index (χ2n) is 6.56. The van der Waals surface area contributed by atoms with Crippen molar-refractivity contribution >= 4 is 11.0 Å². The summed E-state index contributed by atoms with van der Waals surface area (Å²) in [5.41, 5.74) is 4.29. The van der Waals surface area contributed by atoms with Crippen LogP contribution in [0.2, 0.25) is 0 Å². The molecule has 0 saturated carbocycles. The molecule has 5 heteroatoms. The highest BCUT2D eigenvalue weighted by Gasteiger charge is 2.07. The summed E-state index contributed by atoms with van der Waals surface area (Å²) in [6.45, 7) is 1.90. The summed E-state index contributed by atoms with van der Waals surface area (Å²) in [5, 5.41) is 3.42. The van der Waals surface area contributed by atoms with Gasteiger partial charge in [0.05, 0.1) is 24.7 Å². The molecule has 0 radical (unpaired) electrons. The van der Waals surface area contributed by atoms with Crippen LogP contribution in [0.15, 0.2) is 72.8 Å². The van der Waals surface area contributed by atoms with Crippen LogP contribution in [0.3, 0.4) is 0 Å². The molecule has 0 atom stereocenters. The van der Waals surface area contributed by atoms with E-state index in [1.54, 1.807) is 7.11 Å². The molecule has 1 aromatic heterocycles. The number of rotatable bonds is 8. The van der Waals surface area contributed by atoms with Gasteiger partial charge in [-0.25, -0.2) is 4.98 Å². The second-order valence-corrected chi connectivity index (χ2v) is 6.56. The Kier molecular flexibility index (Phi) is 5.54. The molecule has 0 fully saturated rings. The standard InChI is InChI=1S/C23H23N3O2/c1-27-22-13-18(11-12-21(22)28-16-17-7-3-2-4-8-17)14-24-15-23-25-19-9-5-6-10-20(19)26-23/h2-13,24H,14-16H2,1H3,(H,25,26). The van der Waals surface area contributed by atoms with Crippen molar-refractivity contribution in [1.29, 1.82) is 0 Å². The molecule has 0 saturated heterocycles. The van der Waals surface area contributed by atoms with E-state index in [0.717, 1.165) is 39.5 Å². The number of hydrogen-bond donors (Lipinski definition) is 2. The van der Waals surface area contributed by atoms with E-state index >= 15 is 0 Å². The Hall–Kier alpha value is -3.31. The summed E-state index contributed by atoms with van der Waals surface area (Å²) in [6, 6.07) is 24.2. The lowest BCUT2D eigenvalue weighted by atomic mass is 10.2. The topological polar surface area (TPSA) is 59.2 Å². The van der Waals surface area contributed by atoms with Crippen molar-refractivity contribution in [2.45, 2.75) is 19.7 Å². The Bertz CT molecular complexity index is 1010. The van der Waals surface area contributed by atoms with E-state index < -0.39 is 0 Å². The van der Waals surface area contributed by atoms with Crippen molar-refractivity contribution in [3.63, 3.8) is 0 Å². The highest BCUT2D eigenvalue weighted by Crippen LogP contribution is 2.28. The molecule has 0 spiro atoms. The maximum atomic E-state index is 5.92. The fourth-order valence-corrected chi connectivity index (χ4v) is 3.09. The Morgan fingerprint density at radius 2 is 1.68 bits per heavy atom. The van der Waals surface area contributed by atoms with Gasteiger partial charge in [-0.1, -0.05) is 48.5 Å². The van der Waals surface area contributed by atoms with E-state index in [1.807, 2.05) is 66.7 Å². The van der Waals surface area contributed by atoms with Gasteiger partial charge < -0.3 is 19.8 Å². The molecule has 0 unspecified atom stereocenters. The lowest BCUT2D eigenvalue weighted by Gasteiger charge is -2.12. The van der Waals surface area contributed by atoms with Crippen LogP contribution < -0.4 is 14.8 Å². The Balaban J connectivity index is 1.35. The lowest BCUT2D eigenvalue weighted by Crippen LogP contribution is -2.13. The third kappa shape index (κ3) is 4.32. The zero-order valence-electron chi connectivity index (χ0n) is 15.8. The normalized spacial score (nSPS) is 10.9. The fraction of sp³-hybridized carbons (Fsp3) is 0.174. The summed E-state index contributed by atoms with van der Waals surface area (Å²) in [5.74, 6) is 2.40. The summed E-state index contributed by atoms with van der Waals surface area (Å²) in [7, 11) is 1.66. The third-order valence-electron chi connectivity index (χ3n) is 4.53. The molecule has 5 nitrogen and oxygen atoms in total. The van der Waals surface area contributed by atoms with Gasteiger partial charge >= 0.3 is 0 Å². The van der Waals surface area contributed by atoms with E-state index in [1.165, 1.54) is 0 Å². The molecule has 142 valence electrons. The summed E-state index contributed by atoms with van der Waals surface area (Å²) in [4.78, 5) is 7.91. The number of hydrogen-bond acceptors (Lipinski definition) is 4. The number of fused-ring (bicyclic) bond motifs is 1. The quantitative estimate of drug-likeness (QED) is 0.479. The Morgan fingerprint density at radius 3 is 2.50 bits per heavy atom. The number of nitrogens with zero attached hydrogens (tertiary/aromatic N) is 1. The number of aromatic nitrogens is 2. The molecular weight excluding hydrogens is 350 g/mol. The molecule has 4 aromatic rings. The number of benzene rings is 3. The van der Waals surface area contributed by atoms with Gasteiger partial charge in [-0.05, 0) is 35.4 Å². The average molecular weight is 373 g/mol. The maximum Gasteiger partial charge on any atom is 0.161 e. The van der Waals surface area contributed by atoms with Crippen molar-refractivity contribution < 1.29 is 9.47 Å². The predicted octanol–water partition coefficient (Wildman–Crippen LogP) is 4.44. The zero-order valence-corrected chi connectivity index (χ0v) is 15.8. The molecule has 2 N–H and O–H groups in total.